The number of benzene rings is 2. The Morgan fingerprint density at radius 2 is 1.57 bits per heavy atom. The minimum Gasteiger partial charge on any atom is -0.486 e. The second kappa shape index (κ2) is 12.0. The molecule has 2 aliphatic carbocycles. The van der Waals surface area contributed by atoms with Crippen LogP contribution in [0.3, 0.4) is 0 Å². The van der Waals surface area contributed by atoms with Gasteiger partial charge in [0.25, 0.3) is 0 Å². The molecular weight excluding hydrogens is 445 g/mol. The third-order valence-corrected chi connectivity index (χ3v) is 8.07. The molecule has 4 rings (SSSR count). The minimum atomic E-state index is -1.09. The first-order valence-corrected chi connectivity index (χ1v) is 13.1. The van der Waals surface area contributed by atoms with Crippen molar-refractivity contribution in [3.8, 4) is 16.9 Å². The molecular formula is C31H37F3O. The molecule has 2 aromatic rings. The molecule has 1 nitrogen and oxygen atoms in total. The first kappa shape index (κ1) is 25.6. The Bertz CT molecular complexity index is 1060. The smallest absolute Gasteiger partial charge is 0.201 e. The number of ether oxygens (including phenoxy) is 1. The number of fused-ring (bicyclic) bond motifs is 1. The molecule has 0 amide bonds. The van der Waals surface area contributed by atoms with Gasteiger partial charge < -0.3 is 4.74 Å². The highest BCUT2D eigenvalue weighted by atomic mass is 19.2. The summed E-state index contributed by atoms with van der Waals surface area (Å²) in [5.41, 5.74) is 0.984. The molecule has 35 heavy (non-hydrogen) atoms. The highest BCUT2D eigenvalue weighted by molar-refractivity contribution is 5.66. The molecule has 2 aliphatic rings. The summed E-state index contributed by atoms with van der Waals surface area (Å²) in [6.07, 6.45) is 17.7. The maximum atomic E-state index is 15.1. The van der Waals surface area contributed by atoms with Crippen molar-refractivity contribution >= 4 is 0 Å². The third-order valence-electron chi connectivity index (χ3n) is 8.07. The number of hydrogen-bond acceptors (Lipinski definition) is 1. The van der Waals surface area contributed by atoms with Crippen LogP contribution in [0.15, 0.2) is 54.6 Å². The lowest BCUT2D eigenvalue weighted by atomic mass is 9.63. The summed E-state index contributed by atoms with van der Waals surface area (Å²) in [5.74, 6) is -0.148. The third kappa shape index (κ3) is 6.02. The quantitative estimate of drug-likeness (QED) is 0.341. The van der Waals surface area contributed by atoms with Crippen LogP contribution in [0.2, 0.25) is 0 Å². The maximum Gasteiger partial charge on any atom is 0.201 e. The van der Waals surface area contributed by atoms with Crippen molar-refractivity contribution in [3.05, 3.63) is 77.7 Å². The van der Waals surface area contributed by atoms with Crippen molar-refractivity contribution in [1.29, 1.82) is 0 Å². The van der Waals surface area contributed by atoms with Gasteiger partial charge in [0.05, 0.1) is 0 Å². The first-order chi connectivity index (χ1) is 17.0. The van der Waals surface area contributed by atoms with Crippen LogP contribution in [0.5, 0.6) is 5.75 Å². The normalized spacial score (nSPS) is 24.7. The standard InChI is InChI=1S/C31H37F3O/c1-3-5-7-8-21-9-10-23-19-24(12-11-22(23)18-21)25-13-14-26(28(32)20-25)27-15-16-29(31(34)30(27)33)35-17-6-4-2/h3-6,13-16,20-24H,7-12,17-19H2,1-2H3/b5-3+,6-4+. The summed E-state index contributed by atoms with van der Waals surface area (Å²) in [4.78, 5) is 0. The van der Waals surface area contributed by atoms with Crippen molar-refractivity contribution in [3.63, 3.8) is 0 Å². The van der Waals surface area contributed by atoms with Crippen LogP contribution in [0, 0.1) is 35.2 Å². The SMILES string of the molecule is C/C=C/CCC1CCC2CC(c3ccc(-c4ccc(OC/C=C/C)c(F)c4F)c(F)c3)CCC2C1. The van der Waals surface area contributed by atoms with E-state index in [0.29, 0.717) is 5.92 Å². The highest BCUT2D eigenvalue weighted by Gasteiger charge is 2.36. The van der Waals surface area contributed by atoms with Crippen molar-refractivity contribution in [2.24, 2.45) is 17.8 Å². The van der Waals surface area contributed by atoms with E-state index in [0.717, 1.165) is 36.2 Å². The Balaban J connectivity index is 1.43. The summed E-state index contributed by atoms with van der Waals surface area (Å²) < 4.78 is 49.7. The first-order valence-electron chi connectivity index (χ1n) is 13.1. The zero-order valence-corrected chi connectivity index (χ0v) is 20.9. The summed E-state index contributed by atoms with van der Waals surface area (Å²) in [6.45, 7) is 4.05. The van der Waals surface area contributed by atoms with E-state index >= 15 is 4.39 Å². The van der Waals surface area contributed by atoms with Crippen LogP contribution in [0.25, 0.3) is 11.1 Å². The van der Waals surface area contributed by atoms with E-state index in [9.17, 15) is 8.78 Å². The lowest BCUT2D eigenvalue weighted by molar-refractivity contribution is 0.115. The molecule has 0 spiro atoms. The fourth-order valence-electron chi connectivity index (χ4n) is 6.14. The van der Waals surface area contributed by atoms with E-state index in [1.807, 2.05) is 13.0 Å². The van der Waals surface area contributed by atoms with Gasteiger partial charge in [-0.2, -0.15) is 4.39 Å². The Morgan fingerprint density at radius 3 is 2.34 bits per heavy atom. The molecule has 0 saturated heterocycles. The van der Waals surface area contributed by atoms with Crippen LogP contribution in [0.4, 0.5) is 13.2 Å². The summed E-state index contributed by atoms with van der Waals surface area (Å²) >= 11 is 0. The summed E-state index contributed by atoms with van der Waals surface area (Å²) in [7, 11) is 0. The Morgan fingerprint density at radius 1 is 0.829 bits per heavy atom. The fraction of sp³-hybridized carbons (Fsp3) is 0.484. The van der Waals surface area contributed by atoms with Crippen molar-refractivity contribution in [2.75, 3.05) is 6.61 Å². The molecule has 4 atom stereocenters. The lowest BCUT2D eigenvalue weighted by Crippen LogP contribution is -2.30. The van der Waals surface area contributed by atoms with Crippen molar-refractivity contribution in [2.45, 2.75) is 71.1 Å². The molecule has 4 unspecified atom stereocenters. The Hall–Kier alpha value is -2.49. The molecule has 0 heterocycles. The zero-order valence-electron chi connectivity index (χ0n) is 20.9. The Labute approximate surface area is 208 Å². The van der Waals surface area contributed by atoms with E-state index in [4.69, 9.17) is 4.74 Å². The average Bonchev–Trinajstić information content (AvgIpc) is 2.87. The van der Waals surface area contributed by atoms with Gasteiger partial charge in [0.1, 0.15) is 12.4 Å². The van der Waals surface area contributed by atoms with Gasteiger partial charge in [0.2, 0.25) is 5.82 Å². The monoisotopic (exact) mass is 482 g/mol. The fourth-order valence-corrected chi connectivity index (χ4v) is 6.14. The molecule has 4 heteroatoms. The second-order valence-corrected chi connectivity index (χ2v) is 10.2. The van der Waals surface area contributed by atoms with Gasteiger partial charge >= 0.3 is 0 Å². The van der Waals surface area contributed by atoms with E-state index in [1.165, 1.54) is 56.7 Å². The number of rotatable bonds is 8. The van der Waals surface area contributed by atoms with Crippen LogP contribution >= 0.6 is 0 Å². The Kier molecular flexibility index (Phi) is 8.75. The molecule has 2 fully saturated rings. The predicted molar refractivity (Wildman–Crippen MR) is 137 cm³/mol. The number of halogens is 3. The number of hydrogen-bond donors (Lipinski definition) is 0. The van der Waals surface area contributed by atoms with Crippen LogP contribution in [-0.2, 0) is 0 Å². The van der Waals surface area contributed by atoms with Crippen LogP contribution in [0.1, 0.15) is 76.7 Å². The van der Waals surface area contributed by atoms with Gasteiger partial charge in [0.15, 0.2) is 11.6 Å². The topological polar surface area (TPSA) is 9.23 Å². The molecule has 0 aromatic heterocycles. The van der Waals surface area contributed by atoms with Gasteiger partial charge in [-0.15, -0.1) is 0 Å². The minimum absolute atomic E-state index is 0.0788. The van der Waals surface area contributed by atoms with E-state index in [-0.39, 0.29) is 23.5 Å². The van der Waals surface area contributed by atoms with Gasteiger partial charge in [-0.1, -0.05) is 42.9 Å². The van der Waals surface area contributed by atoms with Crippen LogP contribution in [-0.4, -0.2) is 6.61 Å². The van der Waals surface area contributed by atoms with Gasteiger partial charge in [0, 0.05) is 11.1 Å². The zero-order chi connectivity index (χ0) is 24.8. The maximum absolute atomic E-state index is 15.1. The van der Waals surface area contributed by atoms with Gasteiger partial charge in [-0.3, -0.25) is 0 Å². The highest BCUT2D eigenvalue weighted by Crippen LogP contribution is 2.48. The van der Waals surface area contributed by atoms with Gasteiger partial charge in [-0.05, 0) is 106 Å². The van der Waals surface area contributed by atoms with E-state index in [1.54, 1.807) is 18.2 Å². The second-order valence-electron chi connectivity index (χ2n) is 10.2. The molecule has 0 bridgehead atoms. The van der Waals surface area contributed by atoms with Gasteiger partial charge in [-0.25, -0.2) is 8.78 Å². The molecule has 0 aliphatic heterocycles. The summed E-state index contributed by atoms with van der Waals surface area (Å²) in [6, 6.07) is 7.80. The van der Waals surface area contributed by atoms with Crippen LogP contribution < -0.4 is 4.74 Å². The van der Waals surface area contributed by atoms with Crippen molar-refractivity contribution in [1.82, 2.24) is 0 Å². The molecule has 0 N–H and O–H groups in total. The predicted octanol–water partition coefficient (Wildman–Crippen LogP) is 9.38. The number of allylic oxidation sites excluding steroid dienone is 3. The molecule has 2 saturated carbocycles. The lowest BCUT2D eigenvalue weighted by Gasteiger charge is -2.42. The average molecular weight is 483 g/mol. The van der Waals surface area contributed by atoms with E-state index in [2.05, 4.69) is 19.1 Å². The summed E-state index contributed by atoms with van der Waals surface area (Å²) in [5, 5.41) is 0. The molecule has 0 radical (unpaired) electrons. The molecule has 2 aromatic carbocycles. The van der Waals surface area contributed by atoms with Crippen molar-refractivity contribution < 1.29 is 17.9 Å². The largest absolute Gasteiger partial charge is 0.486 e. The van der Waals surface area contributed by atoms with E-state index < -0.39 is 17.5 Å². The molecule has 188 valence electrons.